The van der Waals surface area contributed by atoms with Gasteiger partial charge in [-0.1, -0.05) is 12.2 Å². The van der Waals surface area contributed by atoms with Crippen molar-refractivity contribution in [1.82, 2.24) is 4.90 Å². The van der Waals surface area contributed by atoms with Crippen LogP contribution in [0.4, 0.5) is 0 Å². The number of carbonyl (C=O) groups excluding carboxylic acids is 2. The van der Waals surface area contributed by atoms with Crippen molar-refractivity contribution >= 4 is 11.8 Å². The van der Waals surface area contributed by atoms with Gasteiger partial charge >= 0.3 is 0 Å². The van der Waals surface area contributed by atoms with Crippen LogP contribution < -0.4 is 0 Å². The van der Waals surface area contributed by atoms with E-state index >= 15 is 0 Å². The average molecular weight is 259 g/mol. The van der Waals surface area contributed by atoms with Crippen LogP contribution in [-0.4, -0.2) is 22.8 Å². The average Bonchev–Trinajstić information content (AvgIpc) is 3.00. The predicted octanol–water partition coefficient (Wildman–Crippen LogP) is 2.23. The van der Waals surface area contributed by atoms with Crippen LogP contribution in [0.1, 0.15) is 33.1 Å². The first-order chi connectivity index (χ1) is 9.11. The molecule has 6 unspecified atom stereocenters. The van der Waals surface area contributed by atoms with Crippen molar-refractivity contribution in [1.29, 1.82) is 0 Å². The molecule has 4 aliphatic rings. The quantitative estimate of drug-likeness (QED) is 0.535. The van der Waals surface area contributed by atoms with E-state index < -0.39 is 0 Å². The summed E-state index contributed by atoms with van der Waals surface area (Å²) in [6, 6.07) is 0.0187. The molecule has 2 bridgehead atoms. The Morgan fingerprint density at radius 1 is 0.947 bits per heavy atom. The maximum atomic E-state index is 12.6. The zero-order chi connectivity index (χ0) is 13.3. The van der Waals surface area contributed by atoms with Gasteiger partial charge in [0, 0.05) is 6.04 Å². The Morgan fingerprint density at radius 2 is 1.42 bits per heavy atom. The highest BCUT2D eigenvalue weighted by molar-refractivity contribution is 6.06. The molecule has 6 atom stereocenters. The molecular weight excluding hydrogens is 238 g/mol. The van der Waals surface area contributed by atoms with Crippen molar-refractivity contribution < 1.29 is 9.59 Å². The van der Waals surface area contributed by atoms with Crippen LogP contribution in [0.15, 0.2) is 12.2 Å². The Balaban J connectivity index is 1.72. The van der Waals surface area contributed by atoms with E-state index in [1.165, 1.54) is 0 Å². The third-order valence-electron chi connectivity index (χ3n) is 6.05. The topological polar surface area (TPSA) is 37.4 Å². The van der Waals surface area contributed by atoms with Crippen molar-refractivity contribution in [3.63, 3.8) is 0 Å². The highest BCUT2D eigenvalue weighted by atomic mass is 16.2. The van der Waals surface area contributed by atoms with Crippen molar-refractivity contribution in [2.24, 2.45) is 35.5 Å². The van der Waals surface area contributed by atoms with E-state index in [2.05, 4.69) is 12.2 Å². The molecule has 0 aromatic rings. The van der Waals surface area contributed by atoms with Crippen LogP contribution >= 0.6 is 0 Å². The lowest BCUT2D eigenvalue weighted by molar-refractivity contribution is -0.142. The van der Waals surface area contributed by atoms with Crippen molar-refractivity contribution in [2.75, 3.05) is 0 Å². The second kappa shape index (κ2) is 3.71. The van der Waals surface area contributed by atoms with Crippen LogP contribution in [0, 0.1) is 35.5 Å². The van der Waals surface area contributed by atoms with Crippen LogP contribution in [0.2, 0.25) is 0 Å². The molecule has 0 aromatic carbocycles. The van der Waals surface area contributed by atoms with Gasteiger partial charge in [-0.3, -0.25) is 14.5 Å². The number of fused-ring (bicyclic) bond motifs is 8. The van der Waals surface area contributed by atoms with Crippen LogP contribution in [0.25, 0.3) is 0 Å². The molecule has 102 valence electrons. The molecule has 1 heterocycles. The fourth-order valence-electron chi connectivity index (χ4n) is 5.48. The fourth-order valence-corrected chi connectivity index (χ4v) is 5.48. The molecule has 4 rings (SSSR count). The minimum atomic E-state index is 0.0187. The van der Waals surface area contributed by atoms with Gasteiger partial charge in [-0.15, -0.1) is 0 Å². The molecule has 3 aliphatic carbocycles. The van der Waals surface area contributed by atoms with Crippen LogP contribution in [0.3, 0.4) is 0 Å². The lowest BCUT2D eigenvalue weighted by atomic mass is 9.65. The molecule has 0 aromatic heterocycles. The summed E-state index contributed by atoms with van der Waals surface area (Å²) in [5, 5.41) is 0. The molecule has 19 heavy (non-hydrogen) atoms. The Morgan fingerprint density at radius 3 is 1.84 bits per heavy atom. The van der Waals surface area contributed by atoms with E-state index in [0.717, 1.165) is 19.3 Å². The van der Waals surface area contributed by atoms with E-state index in [0.29, 0.717) is 23.7 Å². The van der Waals surface area contributed by atoms with Crippen molar-refractivity contribution in [2.45, 2.75) is 39.2 Å². The normalized spacial score (nSPS) is 47.2. The van der Waals surface area contributed by atoms with E-state index in [4.69, 9.17) is 0 Å². The summed E-state index contributed by atoms with van der Waals surface area (Å²) in [5.41, 5.74) is 0. The van der Waals surface area contributed by atoms with E-state index in [-0.39, 0.29) is 29.7 Å². The van der Waals surface area contributed by atoms with E-state index in [1.54, 1.807) is 4.90 Å². The molecule has 0 radical (unpaired) electrons. The number of rotatable bonds is 1. The maximum Gasteiger partial charge on any atom is 0.233 e. The number of hydrogen-bond acceptors (Lipinski definition) is 2. The highest BCUT2D eigenvalue weighted by Crippen LogP contribution is 2.63. The second-order valence-electron chi connectivity index (χ2n) is 7.03. The number of carbonyl (C=O) groups is 2. The zero-order valence-electron chi connectivity index (χ0n) is 11.6. The first kappa shape index (κ1) is 11.7. The summed E-state index contributed by atoms with van der Waals surface area (Å²) < 4.78 is 0. The van der Waals surface area contributed by atoms with Crippen molar-refractivity contribution in [3.8, 4) is 0 Å². The van der Waals surface area contributed by atoms with Gasteiger partial charge in [0.05, 0.1) is 11.8 Å². The fraction of sp³-hybridized carbons (Fsp3) is 0.750. The summed E-state index contributed by atoms with van der Waals surface area (Å²) in [6.45, 7) is 3.90. The summed E-state index contributed by atoms with van der Waals surface area (Å²) in [5.74, 6) is 2.59. The Hall–Kier alpha value is -1.12. The molecular formula is C16H21NO2. The SMILES string of the molecule is CC(C)N1C(=O)C2C3CC(C4CC=CCC43)C2C1=O. The zero-order valence-corrected chi connectivity index (χ0v) is 11.6. The van der Waals surface area contributed by atoms with E-state index in [9.17, 15) is 9.59 Å². The van der Waals surface area contributed by atoms with Gasteiger partial charge in [0.2, 0.25) is 11.8 Å². The van der Waals surface area contributed by atoms with Crippen LogP contribution in [-0.2, 0) is 9.59 Å². The number of amides is 2. The Bertz CT molecular complexity index is 443. The van der Waals surface area contributed by atoms with Gasteiger partial charge in [-0.2, -0.15) is 0 Å². The van der Waals surface area contributed by atoms with Gasteiger partial charge in [-0.25, -0.2) is 0 Å². The van der Waals surface area contributed by atoms with Gasteiger partial charge in [-0.05, 0) is 56.8 Å². The minimum Gasteiger partial charge on any atom is -0.280 e. The molecule has 0 spiro atoms. The number of allylic oxidation sites excluding steroid dienone is 2. The number of imide groups is 1. The third-order valence-corrected chi connectivity index (χ3v) is 6.05. The summed E-state index contributed by atoms with van der Waals surface area (Å²) >= 11 is 0. The lowest BCUT2D eigenvalue weighted by Gasteiger charge is -2.37. The largest absolute Gasteiger partial charge is 0.280 e. The minimum absolute atomic E-state index is 0.0187. The Labute approximate surface area is 114 Å². The predicted molar refractivity (Wildman–Crippen MR) is 70.9 cm³/mol. The number of hydrogen-bond donors (Lipinski definition) is 0. The molecule has 3 fully saturated rings. The molecule has 3 heteroatoms. The van der Waals surface area contributed by atoms with Gasteiger partial charge < -0.3 is 0 Å². The number of nitrogens with zero attached hydrogens (tertiary/aromatic N) is 1. The van der Waals surface area contributed by atoms with Gasteiger partial charge in [0.25, 0.3) is 0 Å². The van der Waals surface area contributed by atoms with Gasteiger partial charge in [0.1, 0.15) is 0 Å². The van der Waals surface area contributed by atoms with Gasteiger partial charge in [0.15, 0.2) is 0 Å². The molecule has 2 amide bonds. The molecule has 2 saturated carbocycles. The molecule has 3 nitrogen and oxygen atoms in total. The molecule has 1 aliphatic heterocycles. The lowest BCUT2D eigenvalue weighted by Crippen LogP contribution is -2.38. The first-order valence-electron chi connectivity index (χ1n) is 7.63. The monoisotopic (exact) mass is 259 g/mol. The second-order valence-corrected chi connectivity index (χ2v) is 7.03. The summed E-state index contributed by atoms with van der Waals surface area (Å²) in [6.07, 6.45) is 7.92. The molecule has 1 saturated heterocycles. The smallest absolute Gasteiger partial charge is 0.233 e. The Kier molecular flexibility index (Phi) is 2.28. The van der Waals surface area contributed by atoms with Crippen LogP contribution in [0.5, 0.6) is 0 Å². The van der Waals surface area contributed by atoms with E-state index in [1.807, 2.05) is 13.8 Å². The molecule has 0 N–H and O–H groups in total. The summed E-state index contributed by atoms with van der Waals surface area (Å²) in [7, 11) is 0. The highest BCUT2D eigenvalue weighted by Gasteiger charge is 2.66. The van der Waals surface area contributed by atoms with Crippen molar-refractivity contribution in [3.05, 3.63) is 12.2 Å². The number of likely N-dealkylation sites (tertiary alicyclic amines) is 1. The third kappa shape index (κ3) is 1.29. The maximum absolute atomic E-state index is 12.6. The summed E-state index contributed by atoms with van der Waals surface area (Å²) in [4.78, 5) is 26.7. The first-order valence-corrected chi connectivity index (χ1v) is 7.63. The standard InChI is InChI=1S/C16H21NO2/c1-8(2)17-15(18)13-11-7-12(14(13)16(17)19)10-6-4-3-5-9(10)11/h3-4,8-14H,5-7H2,1-2H3.